The minimum absolute atomic E-state index is 0.184. The summed E-state index contributed by atoms with van der Waals surface area (Å²) in [5, 5.41) is 50.9. The lowest BCUT2D eigenvalue weighted by Gasteiger charge is -2.48. The molecule has 0 spiro atoms. The summed E-state index contributed by atoms with van der Waals surface area (Å²) in [7, 11) is 0. The minimum atomic E-state index is -1.45. The van der Waals surface area contributed by atoms with Gasteiger partial charge in [0, 0.05) is 12.1 Å². The van der Waals surface area contributed by atoms with E-state index >= 15 is 0 Å². The summed E-state index contributed by atoms with van der Waals surface area (Å²) in [4.78, 5) is 0. The topological polar surface area (TPSA) is 268 Å². The first kappa shape index (κ1) is 28.0. The zero-order valence-corrected chi connectivity index (χ0v) is 19.3. The maximum Gasteiger partial charge on any atom is 0.185 e. The van der Waals surface area contributed by atoms with E-state index in [1.165, 1.54) is 6.92 Å². The number of rotatable bonds is 7. The molecule has 0 aromatic rings. The van der Waals surface area contributed by atoms with Gasteiger partial charge in [-0.05, 0) is 26.2 Å². The molecular formula is C20H41N5O9. The summed E-state index contributed by atoms with van der Waals surface area (Å²) < 4.78 is 23.1. The van der Waals surface area contributed by atoms with E-state index in [1.807, 2.05) is 0 Å². The zero-order chi connectivity index (χ0) is 25.4. The van der Waals surface area contributed by atoms with Gasteiger partial charge >= 0.3 is 0 Å². The van der Waals surface area contributed by atoms with Gasteiger partial charge in [-0.25, -0.2) is 0 Å². The molecule has 0 bridgehead atoms. The molecule has 14 nitrogen and oxygen atoms in total. The molecule has 2 heterocycles. The SMILES string of the molecule is CC1(O)COC(OC2C(N)CC(N)C(OC3OC(C(N)(CO)CO)CCC3N)C2O)C(O)C1N. The van der Waals surface area contributed by atoms with Crippen LogP contribution in [0.25, 0.3) is 0 Å². The molecular weight excluding hydrogens is 454 g/mol. The highest BCUT2D eigenvalue weighted by Gasteiger charge is 2.51. The molecule has 0 aromatic heterocycles. The molecule has 15 N–H and O–H groups in total. The molecule has 12 unspecified atom stereocenters. The zero-order valence-electron chi connectivity index (χ0n) is 19.3. The fraction of sp³-hybridized carbons (Fsp3) is 1.00. The Kier molecular flexibility index (Phi) is 8.92. The first-order valence-electron chi connectivity index (χ1n) is 11.5. The summed E-state index contributed by atoms with van der Waals surface area (Å²) >= 11 is 0. The highest BCUT2D eigenvalue weighted by atomic mass is 16.7. The van der Waals surface area contributed by atoms with E-state index in [0.29, 0.717) is 12.8 Å². The summed E-state index contributed by atoms with van der Waals surface area (Å²) in [5.74, 6) is 0. The monoisotopic (exact) mass is 495 g/mol. The number of ether oxygens (including phenoxy) is 4. The van der Waals surface area contributed by atoms with Crippen molar-refractivity contribution < 1.29 is 44.5 Å². The highest BCUT2D eigenvalue weighted by molar-refractivity contribution is 5.02. The summed E-state index contributed by atoms with van der Waals surface area (Å²) in [5.41, 5.74) is 27.7. The van der Waals surface area contributed by atoms with Gasteiger partial charge in [0.2, 0.25) is 0 Å². The number of hydrogen-bond acceptors (Lipinski definition) is 14. The van der Waals surface area contributed by atoms with Crippen LogP contribution in [0.2, 0.25) is 0 Å². The third-order valence-corrected chi connectivity index (χ3v) is 7.19. The molecule has 3 aliphatic rings. The van der Waals surface area contributed by atoms with Crippen LogP contribution < -0.4 is 28.7 Å². The van der Waals surface area contributed by atoms with Crippen molar-refractivity contribution in [2.24, 2.45) is 28.7 Å². The molecule has 1 saturated carbocycles. The van der Waals surface area contributed by atoms with E-state index in [1.54, 1.807) is 0 Å². The van der Waals surface area contributed by atoms with E-state index in [2.05, 4.69) is 0 Å². The van der Waals surface area contributed by atoms with Gasteiger partial charge in [0.15, 0.2) is 12.6 Å². The van der Waals surface area contributed by atoms with Crippen LogP contribution in [0.3, 0.4) is 0 Å². The van der Waals surface area contributed by atoms with Crippen LogP contribution in [0, 0.1) is 0 Å². The summed E-state index contributed by atoms with van der Waals surface area (Å²) in [6.45, 7) is 0.234. The maximum atomic E-state index is 11.1. The standard InChI is InChI=1S/C20H41N5O9/c1-19(30)7-31-18(13(29)16(19)24)34-15-10(23)4-9(22)14(12(15)28)33-17-8(21)2-3-11(32-17)20(25,5-26)6-27/h8-18,26-30H,2-7,21-25H2,1H3. The largest absolute Gasteiger partial charge is 0.394 e. The van der Waals surface area contributed by atoms with E-state index < -0.39 is 91.6 Å². The molecule has 0 aromatic carbocycles. The lowest BCUT2D eigenvalue weighted by molar-refractivity contribution is -0.306. The first-order valence-corrected chi connectivity index (χ1v) is 11.5. The Morgan fingerprint density at radius 2 is 1.47 bits per heavy atom. The Hall–Kier alpha value is -0.560. The molecule has 1 aliphatic carbocycles. The molecule has 3 fully saturated rings. The summed E-state index contributed by atoms with van der Waals surface area (Å²) in [6, 6.07) is -3.03. The third-order valence-electron chi connectivity index (χ3n) is 7.19. The quantitative estimate of drug-likeness (QED) is 0.158. The second-order valence-electron chi connectivity index (χ2n) is 10.1. The normalized spacial score (nSPS) is 48.6. The number of hydrogen-bond donors (Lipinski definition) is 10. The van der Waals surface area contributed by atoms with Crippen molar-refractivity contribution in [2.75, 3.05) is 19.8 Å². The Bertz CT molecular complexity index is 672. The van der Waals surface area contributed by atoms with Crippen LogP contribution in [0.5, 0.6) is 0 Å². The predicted octanol–water partition coefficient (Wildman–Crippen LogP) is -5.51. The van der Waals surface area contributed by atoms with Gasteiger partial charge in [0.05, 0.1) is 43.5 Å². The van der Waals surface area contributed by atoms with Crippen LogP contribution in [-0.4, -0.2) is 124 Å². The molecule has 0 amide bonds. The molecule has 0 radical (unpaired) electrons. The fourth-order valence-corrected chi connectivity index (χ4v) is 4.67. The lowest BCUT2D eigenvalue weighted by atomic mass is 9.84. The molecule has 3 rings (SSSR count). The van der Waals surface area contributed by atoms with Crippen molar-refractivity contribution in [3.05, 3.63) is 0 Å². The van der Waals surface area contributed by atoms with E-state index in [0.717, 1.165) is 0 Å². The molecule has 12 atom stereocenters. The van der Waals surface area contributed by atoms with Crippen LogP contribution in [0.1, 0.15) is 26.2 Å². The van der Waals surface area contributed by atoms with Gasteiger partial charge in [-0.3, -0.25) is 0 Å². The Balaban J connectivity index is 1.70. The maximum absolute atomic E-state index is 11.1. The van der Waals surface area contributed by atoms with Crippen LogP contribution >= 0.6 is 0 Å². The Morgan fingerprint density at radius 1 is 0.912 bits per heavy atom. The first-order chi connectivity index (χ1) is 15.8. The average Bonchev–Trinajstić information content (AvgIpc) is 2.79. The third kappa shape index (κ3) is 5.55. The van der Waals surface area contributed by atoms with Crippen LogP contribution in [0.15, 0.2) is 0 Å². The van der Waals surface area contributed by atoms with Crippen molar-refractivity contribution in [3.8, 4) is 0 Å². The molecule has 34 heavy (non-hydrogen) atoms. The number of aliphatic hydroxyl groups is 5. The van der Waals surface area contributed by atoms with E-state index in [4.69, 9.17) is 47.6 Å². The van der Waals surface area contributed by atoms with Gasteiger partial charge in [0.1, 0.15) is 30.0 Å². The molecule has 2 saturated heterocycles. The molecule has 2 aliphatic heterocycles. The number of nitrogens with two attached hydrogens (primary N) is 5. The Morgan fingerprint density at radius 3 is 2.03 bits per heavy atom. The average molecular weight is 496 g/mol. The van der Waals surface area contributed by atoms with Gasteiger partial charge in [0.25, 0.3) is 0 Å². The second-order valence-corrected chi connectivity index (χ2v) is 10.1. The van der Waals surface area contributed by atoms with Crippen molar-refractivity contribution in [3.63, 3.8) is 0 Å². The lowest BCUT2D eigenvalue weighted by Crippen LogP contribution is -2.68. The highest BCUT2D eigenvalue weighted by Crippen LogP contribution is 2.32. The van der Waals surface area contributed by atoms with Crippen molar-refractivity contribution in [1.29, 1.82) is 0 Å². The second kappa shape index (κ2) is 10.8. The van der Waals surface area contributed by atoms with Crippen molar-refractivity contribution in [2.45, 2.75) is 105 Å². The van der Waals surface area contributed by atoms with Gasteiger partial charge in [-0.1, -0.05) is 0 Å². The van der Waals surface area contributed by atoms with Crippen molar-refractivity contribution in [1.82, 2.24) is 0 Å². The molecule has 14 heteroatoms. The molecule has 200 valence electrons. The minimum Gasteiger partial charge on any atom is -0.394 e. The van der Waals surface area contributed by atoms with Crippen LogP contribution in [0.4, 0.5) is 0 Å². The van der Waals surface area contributed by atoms with E-state index in [-0.39, 0.29) is 13.0 Å². The number of aliphatic hydroxyl groups excluding tert-OH is 4. The van der Waals surface area contributed by atoms with Gasteiger partial charge in [-0.15, -0.1) is 0 Å². The van der Waals surface area contributed by atoms with E-state index in [9.17, 15) is 25.5 Å². The van der Waals surface area contributed by atoms with Crippen LogP contribution in [-0.2, 0) is 18.9 Å². The smallest absolute Gasteiger partial charge is 0.185 e. The predicted molar refractivity (Wildman–Crippen MR) is 118 cm³/mol. The van der Waals surface area contributed by atoms with Gasteiger partial charge < -0.3 is 73.1 Å². The summed E-state index contributed by atoms with van der Waals surface area (Å²) in [6.07, 6.45) is -6.73. The fourth-order valence-electron chi connectivity index (χ4n) is 4.67. The Labute approximate surface area is 198 Å². The van der Waals surface area contributed by atoms with Crippen molar-refractivity contribution >= 4 is 0 Å². The van der Waals surface area contributed by atoms with Gasteiger partial charge in [-0.2, -0.15) is 0 Å².